The summed E-state index contributed by atoms with van der Waals surface area (Å²) in [7, 11) is -3.98. The normalized spacial score (nSPS) is 10.9. The van der Waals surface area contributed by atoms with Gasteiger partial charge in [0.25, 0.3) is 10.0 Å². The number of primary amides is 1. The molecule has 3 N–H and O–H groups in total. The molecule has 0 fully saturated rings. The quantitative estimate of drug-likeness (QED) is 0.690. The van der Waals surface area contributed by atoms with E-state index in [0.29, 0.717) is 18.8 Å². The van der Waals surface area contributed by atoms with Gasteiger partial charge in [0.05, 0.1) is 11.5 Å². The highest BCUT2D eigenvalue weighted by atomic mass is 32.2. The van der Waals surface area contributed by atoms with Crippen LogP contribution < -0.4 is 15.2 Å². The molecule has 0 aliphatic carbocycles. The van der Waals surface area contributed by atoms with Crippen molar-refractivity contribution in [2.45, 2.75) is 17.7 Å². The van der Waals surface area contributed by atoms with Crippen molar-refractivity contribution in [1.29, 1.82) is 0 Å². The average molecular weight is 362 g/mol. The van der Waals surface area contributed by atoms with Crippen LogP contribution in [0.25, 0.3) is 0 Å². The Morgan fingerprint density at radius 2 is 1.64 bits per heavy atom. The lowest BCUT2D eigenvalue weighted by atomic mass is 10.2. The minimum atomic E-state index is -3.98. The molecule has 0 aromatic heterocycles. The number of amides is 2. The Morgan fingerprint density at radius 1 is 1.00 bits per heavy atom. The smallest absolute Gasteiger partial charge is 0.264 e. The summed E-state index contributed by atoms with van der Waals surface area (Å²) in [5, 5.41) is 0. The highest BCUT2D eigenvalue weighted by Crippen LogP contribution is 2.11. The van der Waals surface area contributed by atoms with E-state index in [2.05, 4.69) is 0 Å². The van der Waals surface area contributed by atoms with Crippen molar-refractivity contribution >= 4 is 21.8 Å². The number of ether oxygens (including phenoxy) is 1. The van der Waals surface area contributed by atoms with E-state index in [9.17, 15) is 18.0 Å². The van der Waals surface area contributed by atoms with Crippen molar-refractivity contribution in [3.63, 3.8) is 0 Å². The molecule has 0 spiro atoms. The van der Waals surface area contributed by atoms with Crippen LogP contribution in [0.15, 0.2) is 59.5 Å². The van der Waals surface area contributed by atoms with Gasteiger partial charge in [-0.3, -0.25) is 9.59 Å². The van der Waals surface area contributed by atoms with Crippen LogP contribution >= 0.6 is 0 Å². The van der Waals surface area contributed by atoms with Crippen LogP contribution in [0.5, 0.6) is 5.75 Å². The monoisotopic (exact) mass is 362 g/mol. The zero-order valence-corrected chi connectivity index (χ0v) is 14.2. The summed E-state index contributed by atoms with van der Waals surface area (Å²) in [6.45, 7) is 0.296. The van der Waals surface area contributed by atoms with Crippen molar-refractivity contribution in [1.82, 2.24) is 4.72 Å². The summed E-state index contributed by atoms with van der Waals surface area (Å²) in [5.74, 6) is -0.605. The Labute approximate surface area is 145 Å². The summed E-state index contributed by atoms with van der Waals surface area (Å²) in [5.41, 5.74) is 5.28. The van der Waals surface area contributed by atoms with E-state index in [1.807, 2.05) is 22.9 Å². The van der Waals surface area contributed by atoms with Gasteiger partial charge in [0.1, 0.15) is 5.75 Å². The maximum Gasteiger partial charge on any atom is 0.264 e. The van der Waals surface area contributed by atoms with E-state index in [1.165, 1.54) is 24.3 Å². The molecule has 0 unspecified atom stereocenters. The topological polar surface area (TPSA) is 116 Å². The van der Waals surface area contributed by atoms with Crippen molar-refractivity contribution in [3.05, 3.63) is 60.2 Å². The first-order valence-corrected chi connectivity index (χ1v) is 9.00. The number of hydrogen-bond acceptors (Lipinski definition) is 5. The molecular weight excluding hydrogens is 344 g/mol. The third kappa shape index (κ3) is 5.61. The highest BCUT2D eigenvalue weighted by Gasteiger charge is 2.17. The van der Waals surface area contributed by atoms with Crippen molar-refractivity contribution < 1.29 is 22.7 Å². The summed E-state index contributed by atoms with van der Waals surface area (Å²) in [4.78, 5) is 22.7. The fraction of sp³-hybridized carbons (Fsp3) is 0.176. The van der Waals surface area contributed by atoms with Crippen molar-refractivity contribution in [2.75, 3.05) is 6.61 Å². The van der Waals surface area contributed by atoms with Crippen molar-refractivity contribution in [3.8, 4) is 5.75 Å². The molecule has 132 valence electrons. The maximum atomic E-state index is 12.1. The van der Waals surface area contributed by atoms with Gasteiger partial charge in [-0.1, -0.05) is 18.2 Å². The minimum Gasteiger partial charge on any atom is -0.494 e. The van der Waals surface area contributed by atoms with Crippen LogP contribution in [0.4, 0.5) is 0 Å². The summed E-state index contributed by atoms with van der Waals surface area (Å²) >= 11 is 0. The second kappa shape index (κ2) is 8.29. The largest absolute Gasteiger partial charge is 0.494 e. The third-order valence-electron chi connectivity index (χ3n) is 3.26. The lowest BCUT2D eigenvalue weighted by Gasteiger charge is -2.08. The predicted molar refractivity (Wildman–Crippen MR) is 91.5 cm³/mol. The number of carbonyl (C=O) groups excluding carboxylic acids is 2. The molecule has 2 aromatic carbocycles. The predicted octanol–water partition coefficient (Wildman–Crippen LogP) is 1.45. The van der Waals surface area contributed by atoms with E-state index < -0.39 is 21.8 Å². The number of hydrogen-bond donors (Lipinski definition) is 2. The lowest BCUT2D eigenvalue weighted by molar-refractivity contribution is -0.119. The molecular formula is C17H18N2O5S. The molecule has 2 aromatic rings. The van der Waals surface area contributed by atoms with Crippen LogP contribution in [-0.4, -0.2) is 26.8 Å². The Hall–Kier alpha value is -2.87. The van der Waals surface area contributed by atoms with E-state index in [1.54, 1.807) is 12.1 Å². The van der Waals surface area contributed by atoms with Crippen LogP contribution in [0.1, 0.15) is 23.2 Å². The van der Waals surface area contributed by atoms with Crippen LogP contribution in [-0.2, 0) is 14.8 Å². The number of para-hydroxylation sites is 1. The maximum absolute atomic E-state index is 12.1. The Bertz CT molecular complexity index is 833. The molecule has 0 aliphatic heterocycles. The van der Waals surface area contributed by atoms with Gasteiger partial charge < -0.3 is 10.5 Å². The lowest BCUT2D eigenvalue weighted by Crippen LogP contribution is -2.30. The SMILES string of the molecule is NC(=O)c1ccc(S(=O)(=O)NC(=O)CCCOc2ccccc2)cc1. The van der Waals surface area contributed by atoms with Crippen LogP contribution in [0, 0.1) is 0 Å². The number of rotatable bonds is 8. The number of nitrogens with two attached hydrogens (primary N) is 1. The molecule has 2 amide bonds. The van der Waals surface area contributed by atoms with Gasteiger partial charge in [-0.05, 0) is 42.8 Å². The standard InChI is InChI=1S/C17H18N2O5S/c18-17(21)13-8-10-15(11-9-13)25(22,23)19-16(20)7-4-12-24-14-5-2-1-3-6-14/h1-3,5-6,8-11H,4,7,12H2,(H2,18,21)(H,19,20). The van der Waals surface area contributed by atoms with E-state index in [0.717, 1.165) is 0 Å². The fourth-order valence-corrected chi connectivity index (χ4v) is 3.01. The minimum absolute atomic E-state index is 0.00539. The molecule has 0 saturated carbocycles. The first-order chi connectivity index (χ1) is 11.9. The third-order valence-corrected chi connectivity index (χ3v) is 4.65. The number of nitrogens with one attached hydrogen (secondary N) is 1. The Kier molecular flexibility index (Phi) is 6.13. The molecule has 8 heteroatoms. The molecule has 0 atom stereocenters. The number of carbonyl (C=O) groups is 2. The Morgan fingerprint density at radius 3 is 2.24 bits per heavy atom. The van der Waals surface area contributed by atoms with Gasteiger partial charge in [-0.15, -0.1) is 0 Å². The van der Waals surface area contributed by atoms with Gasteiger partial charge in [0, 0.05) is 12.0 Å². The average Bonchev–Trinajstić information content (AvgIpc) is 2.59. The summed E-state index contributed by atoms with van der Waals surface area (Å²) in [6, 6.07) is 14.1. The number of sulfonamides is 1. The van der Waals surface area contributed by atoms with Gasteiger partial charge in [-0.25, -0.2) is 13.1 Å². The van der Waals surface area contributed by atoms with Crippen LogP contribution in [0.3, 0.4) is 0 Å². The van der Waals surface area contributed by atoms with E-state index in [4.69, 9.17) is 10.5 Å². The van der Waals surface area contributed by atoms with Crippen molar-refractivity contribution in [2.24, 2.45) is 5.73 Å². The zero-order valence-electron chi connectivity index (χ0n) is 13.3. The van der Waals surface area contributed by atoms with Crippen LogP contribution in [0.2, 0.25) is 0 Å². The second-order valence-corrected chi connectivity index (χ2v) is 6.86. The van der Waals surface area contributed by atoms with Gasteiger partial charge in [0.15, 0.2) is 0 Å². The first kappa shape index (κ1) is 18.5. The second-order valence-electron chi connectivity index (χ2n) is 5.18. The molecule has 0 saturated heterocycles. The first-order valence-electron chi connectivity index (χ1n) is 7.52. The molecule has 25 heavy (non-hydrogen) atoms. The summed E-state index contributed by atoms with van der Waals surface area (Å²) in [6.07, 6.45) is 0.377. The molecule has 7 nitrogen and oxygen atoms in total. The molecule has 2 rings (SSSR count). The molecule has 0 aliphatic rings. The summed E-state index contributed by atoms with van der Waals surface area (Å²) < 4.78 is 31.6. The Balaban J connectivity index is 1.83. The van der Waals surface area contributed by atoms with Gasteiger partial charge in [-0.2, -0.15) is 0 Å². The van der Waals surface area contributed by atoms with E-state index in [-0.39, 0.29) is 16.9 Å². The number of benzene rings is 2. The van der Waals surface area contributed by atoms with Gasteiger partial charge >= 0.3 is 0 Å². The van der Waals surface area contributed by atoms with E-state index >= 15 is 0 Å². The zero-order chi connectivity index (χ0) is 18.3. The molecule has 0 bridgehead atoms. The fourth-order valence-electron chi connectivity index (χ4n) is 2.00. The highest BCUT2D eigenvalue weighted by molar-refractivity contribution is 7.90. The molecule has 0 radical (unpaired) electrons. The van der Waals surface area contributed by atoms with Gasteiger partial charge in [0.2, 0.25) is 11.8 Å². The molecule has 0 heterocycles.